The third-order valence-electron chi connectivity index (χ3n) is 3.08. The second-order valence-electron chi connectivity index (χ2n) is 4.42. The molecule has 0 saturated heterocycles. The zero-order valence-corrected chi connectivity index (χ0v) is 10.6. The van der Waals surface area contributed by atoms with Gasteiger partial charge in [0.2, 0.25) is 5.56 Å². The maximum atomic E-state index is 12.1. The second-order valence-corrected chi connectivity index (χ2v) is 4.42. The van der Waals surface area contributed by atoms with Gasteiger partial charge in [-0.05, 0) is 17.5 Å². The van der Waals surface area contributed by atoms with Gasteiger partial charge in [-0.15, -0.1) is 0 Å². The molecule has 0 radical (unpaired) electrons. The topological polar surface area (TPSA) is 62.0 Å². The summed E-state index contributed by atoms with van der Waals surface area (Å²) in [6.45, 7) is 0. The number of aromatic amines is 1. The van der Waals surface area contributed by atoms with E-state index < -0.39 is 0 Å². The molecule has 2 aromatic carbocycles. The highest BCUT2D eigenvalue weighted by Crippen LogP contribution is 2.23. The SMILES string of the molecule is O=C(Nc1cccc2ccccc12)c1ccc(=O)[nH]c1. The van der Waals surface area contributed by atoms with Crippen LogP contribution >= 0.6 is 0 Å². The van der Waals surface area contributed by atoms with Crippen molar-refractivity contribution in [3.8, 4) is 0 Å². The molecule has 0 fully saturated rings. The number of rotatable bonds is 2. The molecule has 0 unspecified atom stereocenters. The normalized spacial score (nSPS) is 10.4. The maximum absolute atomic E-state index is 12.1. The fourth-order valence-corrected chi connectivity index (χ4v) is 2.08. The zero-order chi connectivity index (χ0) is 13.9. The molecule has 2 N–H and O–H groups in total. The molecule has 20 heavy (non-hydrogen) atoms. The number of amides is 1. The standard InChI is InChI=1S/C16H12N2O2/c19-15-9-8-12(10-17-15)16(20)18-14-7-3-5-11-4-1-2-6-13(11)14/h1-10H,(H,17,19)(H,18,20). The number of pyridine rings is 1. The lowest BCUT2D eigenvalue weighted by atomic mass is 10.1. The molecule has 1 heterocycles. The number of nitrogens with one attached hydrogen (secondary N) is 2. The van der Waals surface area contributed by atoms with E-state index in [1.165, 1.54) is 18.3 Å². The smallest absolute Gasteiger partial charge is 0.257 e. The molecule has 0 bridgehead atoms. The minimum absolute atomic E-state index is 0.230. The van der Waals surface area contributed by atoms with Crippen LogP contribution in [0.3, 0.4) is 0 Å². The molecule has 3 aromatic rings. The predicted molar refractivity (Wildman–Crippen MR) is 79.0 cm³/mol. The Bertz CT molecular complexity index is 811. The molecular formula is C16H12N2O2. The van der Waals surface area contributed by atoms with Gasteiger partial charge in [0.25, 0.3) is 5.91 Å². The molecule has 4 nitrogen and oxygen atoms in total. The lowest BCUT2D eigenvalue weighted by molar-refractivity contribution is 0.102. The highest BCUT2D eigenvalue weighted by atomic mass is 16.1. The van der Waals surface area contributed by atoms with E-state index in [1.807, 2.05) is 42.5 Å². The third kappa shape index (κ3) is 2.31. The van der Waals surface area contributed by atoms with E-state index in [4.69, 9.17) is 0 Å². The summed E-state index contributed by atoms with van der Waals surface area (Å²) in [5.74, 6) is -0.252. The van der Waals surface area contributed by atoms with Crippen LogP contribution in [0.25, 0.3) is 10.8 Å². The number of H-pyrrole nitrogens is 1. The van der Waals surface area contributed by atoms with E-state index >= 15 is 0 Å². The number of fused-ring (bicyclic) bond motifs is 1. The van der Waals surface area contributed by atoms with E-state index in [-0.39, 0.29) is 11.5 Å². The Balaban J connectivity index is 1.95. The number of carbonyl (C=O) groups is 1. The Morgan fingerprint density at radius 3 is 2.55 bits per heavy atom. The van der Waals surface area contributed by atoms with Crippen LogP contribution in [0.4, 0.5) is 5.69 Å². The van der Waals surface area contributed by atoms with Crippen molar-refractivity contribution < 1.29 is 4.79 Å². The molecular weight excluding hydrogens is 252 g/mol. The summed E-state index contributed by atoms with van der Waals surface area (Å²) in [6, 6.07) is 16.4. The number of hydrogen-bond acceptors (Lipinski definition) is 2. The quantitative estimate of drug-likeness (QED) is 0.747. The van der Waals surface area contributed by atoms with Crippen LogP contribution in [0.15, 0.2) is 65.6 Å². The van der Waals surface area contributed by atoms with Crippen molar-refractivity contribution in [2.45, 2.75) is 0 Å². The van der Waals surface area contributed by atoms with Crippen molar-refractivity contribution in [2.24, 2.45) is 0 Å². The summed E-state index contributed by atoms with van der Waals surface area (Å²) in [5.41, 5.74) is 0.934. The van der Waals surface area contributed by atoms with Crippen LogP contribution in [0, 0.1) is 0 Å². The Labute approximate surface area is 115 Å². The minimum Gasteiger partial charge on any atom is -0.328 e. The molecule has 0 atom stereocenters. The Morgan fingerprint density at radius 1 is 0.950 bits per heavy atom. The first-order valence-electron chi connectivity index (χ1n) is 6.22. The van der Waals surface area contributed by atoms with Crippen molar-refractivity contribution in [1.82, 2.24) is 4.98 Å². The molecule has 3 rings (SSSR count). The molecule has 1 amide bonds. The molecule has 0 saturated carbocycles. The van der Waals surface area contributed by atoms with Crippen LogP contribution in [-0.2, 0) is 0 Å². The van der Waals surface area contributed by atoms with Gasteiger partial charge in [0.05, 0.1) is 5.56 Å². The summed E-state index contributed by atoms with van der Waals surface area (Å²) in [7, 11) is 0. The van der Waals surface area contributed by atoms with E-state index in [1.54, 1.807) is 0 Å². The van der Waals surface area contributed by atoms with Crippen molar-refractivity contribution in [3.63, 3.8) is 0 Å². The highest BCUT2D eigenvalue weighted by Gasteiger charge is 2.07. The molecule has 98 valence electrons. The predicted octanol–water partition coefficient (Wildman–Crippen LogP) is 2.78. The maximum Gasteiger partial charge on any atom is 0.257 e. The molecule has 4 heteroatoms. The molecule has 0 aliphatic heterocycles. The first-order chi connectivity index (χ1) is 9.74. The summed E-state index contributed by atoms with van der Waals surface area (Å²) < 4.78 is 0. The minimum atomic E-state index is -0.252. The largest absolute Gasteiger partial charge is 0.328 e. The lowest BCUT2D eigenvalue weighted by Gasteiger charge is -2.08. The van der Waals surface area contributed by atoms with Gasteiger partial charge in [0.15, 0.2) is 0 Å². The molecule has 0 aliphatic rings. The molecule has 1 aromatic heterocycles. The van der Waals surface area contributed by atoms with Crippen LogP contribution in [0.5, 0.6) is 0 Å². The van der Waals surface area contributed by atoms with Crippen molar-refractivity contribution in [3.05, 3.63) is 76.7 Å². The third-order valence-corrected chi connectivity index (χ3v) is 3.08. The van der Waals surface area contributed by atoms with Gasteiger partial charge in [0.1, 0.15) is 0 Å². The van der Waals surface area contributed by atoms with Crippen LogP contribution in [0.2, 0.25) is 0 Å². The van der Waals surface area contributed by atoms with Crippen molar-refractivity contribution in [1.29, 1.82) is 0 Å². The van der Waals surface area contributed by atoms with Crippen LogP contribution < -0.4 is 10.9 Å². The van der Waals surface area contributed by atoms with Gasteiger partial charge in [-0.2, -0.15) is 0 Å². The Hall–Kier alpha value is -2.88. The van der Waals surface area contributed by atoms with E-state index in [9.17, 15) is 9.59 Å². The summed E-state index contributed by atoms with van der Waals surface area (Å²) >= 11 is 0. The fraction of sp³-hybridized carbons (Fsp3) is 0. The van der Waals surface area contributed by atoms with Gasteiger partial charge >= 0.3 is 0 Å². The lowest BCUT2D eigenvalue weighted by Crippen LogP contribution is -2.14. The van der Waals surface area contributed by atoms with Gasteiger partial charge in [-0.3, -0.25) is 9.59 Å². The van der Waals surface area contributed by atoms with Crippen LogP contribution in [-0.4, -0.2) is 10.9 Å². The van der Waals surface area contributed by atoms with Gasteiger partial charge in [0, 0.05) is 23.3 Å². The van der Waals surface area contributed by atoms with Crippen molar-refractivity contribution in [2.75, 3.05) is 5.32 Å². The number of carbonyl (C=O) groups excluding carboxylic acids is 1. The monoisotopic (exact) mass is 264 g/mol. The number of anilines is 1. The first-order valence-corrected chi connectivity index (χ1v) is 6.22. The van der Waals surface area contributed by atoms with E-state index in [0.717, 1.165) is 16.5 Å². The summed E-state index contributed by atoms with van der Waals surface area (Å²) in [4.78, 5) is 25.6. The highest BCUT2D eigenvalue weighted by molar-refractivity contribution is 6.08. The second kappa shape index (κ2) is 5.01. The van der Waals surface area contributed by atoms with E-state index in [2.05, 4.69) is 10.3 Å². The molecule has 0 spiro atoms. The average molecular weight is 264 g/mol. The van der Waals surface area contributed by atoms with Crippen LogP contribution in [0.1, 0.15) is 10.4 Å². The fourth-order valence-electron chi connectivity index (χ4n) is 2.08. The average Bonchev–Trinajstić information content (AvgIpc) is 2.48. The first kappa shape index (κ1) is 12.2. The summed E-state index contributed by atoms with van der Waals surface area (Å²) in [6.07, 6.45) is 1.41. The number of hydrogen-bond donors (Lipinski definition) is 2. The van der Waals surface area contributed by atoms with Gasteiger partial charge < -0.3 is 10.3 Å². The molecule has 0 aliphatic carbocycles. The van der Waals surface area contributed by atoms with Gasteiger partial charge in [-0.25, -0.2) is 0 Å². The van der Waals surface area contributed by atoms with Gasteiger partial charge in [-0.1, -0.05) is 36.4 Å². The number of benzene rings is 2. The zero-order valence-electron chi connectivity index (χ0n) is 10.6. The number of aromatic nitrogens is 1. The summed E-state index contributed by atoms with van der Waals surface area (Å²) in [5, 5.41) is 4.90. The van der Waals surface area contributed by atoms with Crippen molar-refractivity contribution >= 4 is 22.4 Å². The Morgan fingerprint density at radius 2 is 1.75 bits per heavy atom. The Kier molecular flexibility index (Phi) is 3.05. The van der Waals surface area contributed by atoms with E-state index in [0.29, 0.717) is 5.56 Å².